The van der Waals surface area contributed by atoms with E-state index in [2.05, 4.69) is 0 Å². The first-order valence-electron chi connectivity index (χ1n) is 7.07. The zero-order chi connectivity index (χ0) is 17.1. The van der Waals surface area contributed by atoms with Gasteiger partial charge in [-0.1, -0.05) is 29.3 Å². The fourth-order valence-corrected chi connectivity index (χ4v) is 2.54. The molecule has 0 aliphatic rings. The molecule has 2 nitrogen and oxygen atoms in total. The Morgan fingerprint density at radius 2 is 1.75 bits per heavy atom. The average molecular weight is 361 g/mol. The molecule has 3 rings (SSSR count). The molecule has 0 atom stereocenters. The lowest BCUT2D eigenvalue weighted by atomic mass is 10.1. The fourth-order valence-electron chi connectivity index (χ4n) is 2.15. The molecule has 0 saturated heterocycles. The van der Waals surface area contributed by atoms with Crippen molar-refractivity contribution in [1.29, 1.82) is 0 Å². The van der Waals surface area contributed by atoms with Crippen LogP contribution in [0.25, 0.3) is 17.4 Å². The molecular weight excluding hydrogens is 350 g/mol. The summed E-state index contributed by atoms with van der Waals surface area (Å²) in [6, 6.07) is 14.1. The summed E-state index contributed by atoms with van der Waals surface area (Å²) in [4.78, 5) is 12.0. The largest absolute Gasteiger partial charge is 0.457 e. The van der Waals surface area contributed by atoms with Gasteiger partial charge >= 0.3 is 0 Å². The smallest absolute Gasteiger partial charge is 0.185 e. The summed E-state index contributed by atoms with van der Waals surface area (Å²) in [5, 5.41) is 0.848. The highest BCUT2D eigenvalue weighted by molar-refractivity contribution is 6.43. The minimum Gasteiger partial charge on any atom is -0.457 e. The second-order valence-corrected chi connectivity index (χ2v) is 5.79. The van der Waals surface area contributed by atoms with E-state index in [1.165, 1.54) is 30.3 Å². The van der Waals surface area contributed by atoms with Gasteiger partial charge in [0.1, 0.15) is 17.3 Å². The summed E-state index contributed by atoms with van der Waals surface area (Å²) < 4.78 is 18.5. The molecule has 2 aromatic carbocycles. The number of hydrogen-bond donors (Lipinski definition) is 0. The highest BCUT2D eigenvalue weighted by Gasteiger charge is 2.10. The van der Waals surface area contributed by atoms with Crippen LogP contribution in [-0.2, 0) is 0 Å². The lowest BCUT2D eigenvalue weighted by Gasteiger charge is -2.01. The van der Waals surface area contributed by atoms with Gasteiger partial charge in [0.05, 0.1) is 10.0 Å². The molecule has 24 heavy (non-hydrogen) atoms. The molecule has 5 heteroatoms. The molecule has 1 heterocycles. The van der Waals surface area contributed by atoms with Crippen molar-refractivity contribution in [2.45, 2.75) is 0 Å². The minimum absolute atomic E-state index is 0.242. The van der Waals surface area contributed by atoms with E-state index < -0.39 is 0 Å². The van der Waals surface area contributed by atoms with Crippen LogP contribution in [0.2, 0.25) is 10.0 Å². The molecule has 0 aliphatic carbocycles. The van der Waals surface area contributed by atoms with Crippen LogP contribution in [0.1, 0.15) is 16.1 Å². The quantitative estimate of drug-likeness (QED) is 0.404. The second-order valence-electron chi connectivity index (χ2n) is 5.01. The van der Waals surface area contributed by atoms with Crippen LogP contribution in [0.4, 0.5) is 4.39 Å². The number of furan rings is 1. The fraction of sp³-hybridized carbons (Fsp3) is 0. The van der Waals surface area contributed by atoms with E-state index in [9.17, 15) is 9.18 Å². The predicted molar refractivity (Wildman–Crippen MR) is 93.9 cm³/mol. The van der Waals surface area contributed by atoms with Gasteiger partial charge in [-0.3, -0.25) is 4.79 Å². The third-order valence-corrected chi connectivity index (χ3v) is 4.19. The Morgan fingerprint density at radius 3 is 2.50 bits per heavy atom. The van der Waals surface area contributed by atoms with Gasteiger partial charge in [-0.05, 0) is 60.7 Å². The van der Waals surface area contributed by atoms with Crippen molar-refractivity contribution in [3.8, 4) is 11.3 Å². The molecule has 0 spiro atoms. The van der Waals surface area contributed by atoms with Crippen molar-refractivity contribution in [1.82, 2.24) is 0 Å². The number of hydrogen-bond acceptors (Lipinski definition) is 2. The summed E-state index contributed by atoms with van der Waals surface area (Å²) in [6.07, 6.45) is 2.92. The molecule has 0 saturated carbocycles. The van der Waals surface area contributed by atoms with E-state index in [0.717, 1.165) is 0 Å². The van der Waals surface area contributed by atoms with Gasteiger partial charge in [-0.25, -0.2) is 4.39 Å². The first kappa shape index (κ1) is 16.5. The maximum Gasteiger partial charge on any atom is 0.185 e. The van der Waals surface area contributed by atoms with Crippen LogP contribution in [0.5, 0.6) is 0 Å². The molecule has 0 bridgehead atoms. The van der Waals surface area contributed by atoms with Crippen LogP contribution < -0.4 is 0 Å². The number of carbonyl (C=O) groups excluding carboxylic acids is 1. The Morgan fingerprint density at radius 1 is 1.00 bits per heavy atom. The van der Waals surface area contributed by atoms with Gasteiger partial charge in [0.15, 0.2) is 5.78 Å². The third kappa shape index (κ3) is 3.58. The molecule has 0 unspecified atom stereocenters. The Hall–Kier alpha value is -2.36. The number of halogens is 3. The molecule has 0 N–H and O–H groups in total. The van der Waals surface area contributed by atoms with Gasteiger partial charge in [0.2, 0.25) is 0 Å². The normalized spacial score (nSPS) is 11.1. The molecule has 0 amide bonds. The number of ketones is 1. The van der Waals surface area contributed by atoms with Crippen molar-refractivity contribution >= 4 is 35.1 Å². The van der Waals surface area contributed by atoms with E-state index in [4.69, 9.17) is 27.6 Å². The summed E-state index contributed by atoms with van der Waals surface area (Å²) >= 11 is 12.2. The minimum atomic E-state index is -0.385. The van der Waals surface area contributed by atoms with Gasteiger partial charge in [-0.2, -0.15) is 0 Å². The van der Waals surface area contributed by atoms with Crippen molar-refractivity contribution in [2.75, 3.05) is 0 Å². The van der Waals surface area contributed by atoms with Gasteiger partial charge in [0.25, 0.3) is 0 Å². The predicted octanol–water partition coefficient (Wildman–Crippen LogP) is 6.29. The second kappa shape index (κ2) is 7.04. The van der Waals surface area contributed by atoms with Gasteiger partial charge < -0.3 is 4.42 Å². The zero-order valence-corrected chi connectivity index (χ0v) is 13.8. The molecule has 120 valence electrons. The van der Waals surface area contributed by atoms with E-state index >= 15 is 0 Å². The summed E-state index contributed by atoms with van der Waals surface area (Å²) in [6.45, 7) is 0. The lowest BCUT2D eigenvalue weighted by molar-refractivity contribution is 0.104. The average Bonchev–Trinajstić information content (AvgIpc) is 3.04. The topological polar surface area (TPSA) is 30.2 Å². The van der Waals surface area contributed by atoms with Gasteiger partial charge in [-0.15, -0.1) is 0 Å². The van der Waals surface area contributed by atoms with E-state index in [0.29, 0.717) is 32.7 Å². The van der Waals surface area contributed by atoms with Crippen molar-refractivity contribution in [2.24, 2.45) is 0 Å². The Kier molecular flexibility index (Phi) is 4.84. The van der Waals surface area contributed by atoms with E-state index in [1.807, 2.05) is 0 Å². The van der Waals surface area contributed by atoms with E-state index in [1.54, 1.807) is 36.4 Å². The highest BCUT2D eigenvalue weighted by atomic mass is 35.5. The Balaban J connectivity index is 1.80. The molecule has 0 aliphatic heterocycles. The van der Waals surface area contributed by atoms with Crippen LogP contribution in [0.3, 0.4) is 0 Å². The Bertz CT molecular complexity index is 911. The molecule has 1 aromatic heterocycles. The summed E-state index contributed by atoms with van der Waals surface area (Å²) in [7, 11) is 0. The molecule has 0 fully saturated rings. The van der Waals surface area contributed by atoms with Crippen molar-refractivity contribution in [3.63, 3.8) is 0 Å². The van der Waals surface area contributed by atoms with Crippen LogP contribution in [0, 0.1) is 5.82 Å². The molecule has 0 radical (unpaired) electrons. The monoisotopic (exact) mass is 360 g/mol. The third-order valence-electron chi connectivity index (χ3n) is 3.37. The first-order chi connectivity index (χ1) is 11.5. The SMILES string of the molecule is O=C(C=Cc1ccc(-c2cccc(Cl)c2Cl)o1)c1ccc(F)cc1. The number of allylic oxidation sites excluding steroid dienone is 1. The van der Waals surface area contributed by atoms with Gasteiger partial charge in [0, 0.05) is 11.1 Å². The maximum atomic E-state index is 12.9. The number of rotatable bonds is 4. The van der Waals surface area contributed by atoms with Crippen LogP contribution in [0.15, 0.2) is 65.1 Å². The summed E-state index contributed by atoms with van der Waals surface area (Å²) in [5.74, 6) is 0.422. The van der Waals surface area contributed by atoms with E-state index in [-0.39, 0.29) is 11.6 Å². The first-order valence-corrected chi connectivity index (χ1v) is 7.82. The van der Waals surface area contributed by atoms with Crippen molar-refractivity contribution in [3.05, 3.63) is 87.9 Å². The molecule has 3 aromatic rings. The zero-order valence-electron chi connectivity index (χ0n) is 12.3. The van der Waals surface area contributed by atoms with Crippen LogP contribution in [-0.4, -0.2) is 5.78 Å². The lowest BCUT2D eigenvalue weighted by Crippen LogP contribution is -1.93. The molecular formula is C19H11Cl2FO2. The number of carbonyl (C=O) groups is 1. The Labute approximate surface area is 148 Å². The maximum absolute atomic E-state index is 12.9. The number of benzene rings is 2. The standard InChI is InChI=1S/C19H11Cl2FO2/c20-16-3-1-2-15(19(16)21)18-11-9-14(24-18)8-10-17(23)12-4-6-13(22)7-5-12/h1-11H. The summed E-state index contributed by atoms with van der Waals surface area (Å²) in [5.41, 5.74) is 1.07. The highest BCUT2D eigenvalue weighted by Crippen LogP contribution is 2.34. The van der Waals surface area contributed by atoms with Crippen LogP contribution >= 0.6 is 23.2 Å². The van der Waals surface area contributed by atoms with Crippen molar-refractivity contribution < 1.29 is 13.6 Å².